The molecule has 0 radical (unpaired) electrons. The van der Waals surface area contributed by atoms with Crippen molar-refractivity contribution in [1.29, 1.82) is 0 Å². The van der Waals surface area contributed by atoms with Gasteiger partial charge in [-0.2, -0.15) is 5.10 Å². The summed E-state index contributed by atoms with van der Waals surface area (Å²) in [5.74, 6) is 0.273. The lowest BCUT2D eigenvalue weighted by Crippen LogP contribution is -2.23. The highest BCUT2D eigenvalue weighted by molar-refractivity contribution is 5.92. The Bertz CT molecular complexity index is 1360. The van der Waals surface area contributed by atoms with Crippen LogP contribution in [0.1, 0.15) is 49.2 Å². The topological polar surface area (TPSA) is 88.4 Å². The number of nitrogens with zero attached hydrogens (tertiary/aromatic N) is 3. The number of aromatic nitrogens is 3. The van der Waals surface area contributed by atoms with E-state index in [1.165, 1.54) is 0 Å². The van der Waals surface area contributed by atoms with Crippen LogP contribution in [0, 0.1) is 19.8 Å². The maximum absolute atomic E-state index is 12.6. The van der Waals surface area contributed by atoms with E-state index in [9.17, 15) is 9.59 Å². The number of carbonyl (C=O) groups is 2. The molecular formula is C27H31N5O2. The second kappa shape index (κ2) is 10.0. The van der Waals surface area contributed by atoms with Crippen LogP contribution in [0.25, 0.3) is 16.6 Å². The number of carbonyl (C=O) groups excluding carboxylic acids is 2. The Morgan fingerprint density at radius 2 is 1.82 bits per heavy atom. The van der Waals surface area contributed by atoms with Crippen LogP contribution in [0.3, 0.4) is 0 Å². The number of aryl methyl sites for hydroxylation is 2. The molecule has 0 aliphatic heterocycles. The van der Waals surface area contributed by atoms with E-state index in [4.69, 9.17) is 4.98 Å². The zero-order valence-corrected chi connectivity index (χ0v) is 20.2. The van der Waals surface area contributed by atoms with Crippen molar-refractivity contribution in [3.05, 3.63) is 71.0 Å². The van der Waals surface area contributed by atoms with Crippen LogP contribution in [-0.2, 0) is 22.6 Å². The van der Waals surface area contributed by atoms with E-state index in [1.54, 1.807) is 0 Å². The molecule has 2 heterocycles. The van der Waals surface area contributed by atoms with E-state index in [0.717, 1.165) is 44.8 Å². The molecule has 0 spiro atoms. The van der Waals surface area contributed by atoms with Gasteiger partial charge in [-0.25, -0.2) is 9.50 Å². The summed E-state index contributed by atoms with van der Waals surface area (Å²) in [5, 5.41) is 11.6. The lowest BCUT2D eigenvalue weighted by molar-refractivity contribution is -0.121. The van der Waals surface area contributed by atoms with E-state index in [-0.39, 0.29) is 11.8 Å². The van der Waals surface area contributed by atoms with E-state index < -0.39 is 0 Å². The molecule has 0 aliphatic rings. The summed E-state index contributed by atoms with van der Waals surface area (Å²) in [6.45, 7) is 8.45. The summed E-state index contributed by atoms with van der Waals surface area (Å²) in [7, 11) is 0. The molecule has 4 rings (SSSR count). The molecule has 2 aromatic carbocycles. The molecule has 7 nitrogen and oxygen atoms in total. The molecule has 176 valence electrons. The minimum Gasteiger partial charge on any atom is -0.352 e. The number of rotatable bonds is 8. The molecule has 0 saturated heterocycles. The molecule has 4 aromatic rings. The molecule has 34 heavy (non-hydrogen) atoms. The molecule has 7 heteroatoms. The van der Waals surface area contributed by atoms with Crippen LogP contribution in [0.2, 0.25) is 0 Å². The summed E-state index contributed by atoms with van der Waals surface area (Å²) < 4.78 is 1.88. The Kier molecular flexibility index (Phi) is 6.91. The molecule has 0 fully saturated rings. The number of hydrogen-bond donors (Lipinski definition) is 2. The van der Waals surface area contributed by atoms with Crippen molar-refractivity contribution in [3.63, 3.8) is 0 Å². The number of anilines is 1. The Morgan fingerprint density at radius 3 is 2.62 bits per heavy atom. The van der Waals surface area contributed by atoms with Gasteiger partial charge in [0.05, 0.1) is 5.52 Å². The number of amides is 2. The van der Waals surface area contributed by atoms with E-state index >= 15 is 0 Å². The Labute approximate surface area is 199 Å². The second-order valence-corrected chi connectivity index (χ2v) is 9.14. The molecule has 0 aliphatic carbocycles. The smallest absolute Gasteiger partial charge is 0.224 e. The zero-order valence-electron chi connectivity index (χ0n) is 20.2. The standard InChI is InChI=1S/C27H31N5O2/c1-17(2)14-26(34)30-21-9-7-8-20(15-21)16-28-25(33)13-12-22-18(3)29-27-23-10-5-6-11-24(23)31-32(27)19(22)4/h5-11,15,17H,12-14,16H2,1-4H3,(H,28,33)(H,30,34). The average molecular weight is 458 g/mol. The highest BCUT2D eigenvalue weighted by Crippen LogP contribution is 2.23. The van der Waals surface area contributed by atoms with Crippen LogP contribution >= 0.6 is 0 Å². The van der Waals surface area contributed by atoms with Gasteiger partial charge in [-0.15, -0.1) is 0 Å². The van der Waals surface area contributed by atoms with Crippen LogP contribution < -0.4 is 10.6 Å². The number of fused-ring (bicyclic) bond motifs is 3. The van der Waals surface area contributed by atoms with E-state index in [0.29, 0.717) is 31.7 Å². The largest absolute Gasteiger partial charge is 0.352 e. The summed E-state index contributed by atoms with van der Waals surface area (Å²) in [4.78, 5) is 29.4. The molecule has 2 N–H and O–H groups in total. The summed E-state index contributed by atoms with van der Waals surface area (Å²) in [6, 6.07) is 15.5. The first-order chi connectivity index (χ1) is 16.3. The Morgan fingerprint density at radius 1 is 1.03 bits per heavy atom. The highest BCUT2D eigenvalue weighted by Gasteiger charge is 2.15. The van der Waals surface area contributed by atoms with Crippen molar-refractivity contribution in [2.75, 3.05) is 5.32 Å². The van der Waals surface area contributed by atoms with Crippen molar-refractivity contribution in [1.82, 2.24) is 19.9 Å². The van der Waals surface area contributed by atoms with Gasteiger partial charge in [-0.1, -0.05) is 38.1 Å². The van der Waals surface area contributed by atoms with Crippen LogP contribution in [0.5, 0.6) is 0 Å². The van der Waals surface area contributed by atoms with Gasteiger partial charge < -0.3 is 10.6 Å². The summed E-state index contributed by atoms with van der Waals surface area (Å²) >= 11 is 0. The summed E-state index contributed by atoms with van der Waals surface area (Å²) in [6.07, 6.45) is 1.43. The third kappa shape index (κ3) is 5.25. The molecule has 0 bridgehead atoms. The predicted molar refractivity (Wildman–Crippen MR) is 135 cm³/mol. The van der Waals surface area contributed by atoms with Crippen molar-refractivity contribution < 1.29 is 9.59 Å². The second-order valence-electron chi connectivity index (χ2n) is 9.14. The fourth-order valence-corrected chi connectivity index (χ4v) is 4.21. The third-order valence-electron chi connectivity index (χ3n) is 5.91. The number of hydrogen-bond acceptors (Lipinski definition) is 4. The van der Waals surface area contributed by atoms with Crippen molar-refractivity contribution >= 4 is 34.1 Å². The van der Waals surface area contributed by atoms with Gasteiger partial charge >= 0.3 is 0 Å². The van der Waals surface area contributed by atoms with Crippen molar-refractivity contribution in [2.45, 2.75) is 53.5 Å². The van der Waals surface area contributed by atoms with Gasteiger partial charge in [0.2, 0.25) is 11.8 Å². The fourth-order valence-electron chi connectivity index (χ4n) is 4.21. The Hall–Kier alpha value is -3.74. The summed E-state index contributed by atoms with van der Waals surface area (Å²) in [5.41, 5.74) is 6.42. The minimum absolute atomic E-state index is 0.00224. The van der Waals surface area contributed by atoms with Gasteiger partial charge in [-0.05, 0) is 61.6 Å². The van der Waals surface area contributed by atoms with Crippen molar-refractivity contribution in [2.24, 2.45) is 5.92 Å². The van der Waals surface area contributed by atoms with Gasteiger partial charge in [0.25, 0.3) is 0 Å². The lowest BCUT2D eigenvalue weighted by Gasteiger charge is -2.12. The highest BCUT2D eigenvalue weighted by atomic mass is 16.2. The maximum atomic E-state index is 12.6. The van der Waals surface area contributed by atoms with Crippen LogP contribution in [0.15, 0.2) is 48.5 Å². The Balaban J connectivity index is 1.38. The number of nitrogens with one attached hydrogen (secondary N) is 2. The van der Waals surface area contributed by atoms with E-state index in [2.05, 4.69) is 15.7 Å². The zero-order chi connectivity index (χ0) is 24.2. The van der Waals surface area contributed by atoms with Crippen molar-refractivity contribution in [3.8, 4) is 0 Å². The first-order valence-electron chi connectivity index (χ1n) is 11.7. The fraction of sp³-hybridized carbons (Fsp3) is 0.333. The average Bonchev–Trinajstić information content (AvgIpc) is 3.16. The van der Waals surface area contributed by atoms with Crippen LogP contribution in [-0.4, -0.2) is 26.4 Å². The molecule has 0 atom stereocenters. The predicted octanol–water partition coefficient (Wildman–Crippen LogP) is 4.73. The lowest BCUT2D eigenvalue weighted by atomic mass is 10.1. The minimum atomic E-state index is -0.0289. The van der Waals surface area contributed by atoms with Crippen LogP contribution in [0.4, 0.5) is 5.69 Å². The first-order valence-corrected chi connectivity index (χ1v) is 11.7. The molecular weight excluding hydrogens is 426 g/mol. The van der Waals surface area contributed by atoms with E-state index in [1.807, 2.05) is 80.7 Å². The van der Waals surface area contributed by atoms with Gasteiger partial charge in [-0.3, -0.25) is 9.59 Å². The maximum Gasteiger partial charge on any atom is 0.224 e. The SMILES string of the molecule is Cc1nc2c3ccccc3nn2c(C)c1CCC(=O)NCc1cccc(NC(=O)CC(C)C)c1. The monoisotopic (exact) mass is 457 g/mol. The molecule has 0 saturated carbocycles. The number of benzene rings is 2. The quantitative estimate of drug-likeness (QED) is 0.400. The van der Waals surface area contributed by atoms with Gasteiger partial charge in [0, 0.05) is 41.8 Å². The molecule has 2 amide bonds. The molecule has 2 aromatic heterocycles. The van der Waals surface area contributed by atoms with Gasteiger partial charge in [0.1, 0.15) is 0 Å². The van der Waals surface area contributed by atoms with Gasteiger partial charge in [0.15, 0.2) is 5.65 Å². The first kappa shape index (κ1) is 23.4. The third-order valence-corrected chi connectivity index (χ3v) is 5.91. The molecule has 0 unspecified atom stereocenters. The normalized spacial score (nSPS) is 11.3.